The molecule has 0 aliphatic rings. The van der Waals surface area contributed by atoms with Crippen molar-refractivity contribution in [2.24, 2.45) is 0 Å². The molecule has 0 saturated heterocycles. The molecule has 0 unspecified atom stereocenters. The average Bonchev–Trinajstić information content (AvgIpc) is 3.49. The predicted molar refractivity (Wildman–Crippen MR) is 203 cm³/mol. The number of aromatic nitrogens is 1. The summed E-state index contributed by atoms with van der Waals surface area (Å²) in [6, 6.07) is 67.4. The van der Waals surface area contributed by atoms with Gasteiger partial charge in [-0.05, 0) is 75.5 Å². The van der Waals surface area contributed by atoms with Crippen molar-refractivity contribution in [2.45, 2.75) is 0 Å². The molecule has 0 amide bonds. The first-order chi connectivity index (χ1) is 23.8. The van der Waals surface area contributed by atoms with Gasteiger partial charge in [-0.2, -0.15) is 0 Å². The molecule has 0 bridgehead atoms. The molecule has 0 aliphatic heterocycles. The van der Waals surface area contributed by atoms with Crippen LogP contribution < -0.4 is 4.90 Å². The predicted octanol–water partition coefficient (Wildman–Crippen LogP) is 12.7. The van der Waals surface area contributed by atoms with Crippen LogP contribution in [0.5, 0.6) is 0 Å². The second-order valence-electron chi connectivity index (χ2n) is 12.2. The van der Waals surface area contributed by atoms with Gasteiger partial charge in [0, 0.05) is 39.8 Å². The fourth-order valence-corrected chi connectivity index (χ4v) is 7.09. The second kappa shape index (κ2) is 11.8. The quantitative estimate of drug-likeness (QED) is 0.181. The Hall–Kier alpha value is -6.38. The molecule has 0 atom stereocenters. The molecule has 0 radical (unpaired) electrons. The van der Waals surface area contributed by atoms with Crippen molar-refractivity contribution in [1.29, 1.82) is 0 Å². The van der Waals surface area contributed by atoms with Crippen molar-refractivity contribution in [3.05, 3.63) is 194 Å². The van der Waals surface area contributed by atoms with E-state index in [9.17, 15) is 0 Å². The Morgan fingerprint density at radius 3 is 1.54 bits per heavy atom. The molecular formula is C46H32N2. The minimum atomic E-state index is 1.13. The van der Waals surface area contributed by atoms with Crippen LogP contribution in [-0.4, -0.2) is 4.40 Å². The first kappa shape index (κ1) is 27.9. The summed E-state index contributed by atoms with van der Waals surface area (Å²) in [7, 11) is 0. The number of pyridine rings is 1. The summed E-state index contributed by atoms with van der Waals surface area (Å²) in [5.41, 5.74) is 13.2. The molecule has 9 rings (SSSR count). The third-order valence-corrected chi connectivity index (χ3v) is 9.36. The largest absolute Gasteiger partial charge is 0.315 e. The summed E-state index contributed by atoms with van der Waals surface area (Å²) in [5, 5.41) is 3.74. The zero-order valence-corrected chi connectivity index (χ0v) is 26.4. The van der Waals surface area contributed by atoms with Crippen molar-refractivity contribution in [1.82, 2.24) is 4.40 Å². The zero-order valence-electron chi connectivity index (χ0n) is 26.4. The Kier molecular flexibility index (Phi) is 6.84. The standard InChI is InChI=1S/C46H32N2/c1-4-13-36(14-5-1)45-43-22-12-21-42(46(43)47-32-38-16-11-10-15-37(38)31-44(45)47)35-25-23-33(24-26-35)34-27-29-41(30-28-34)48(39-17-6-2-7-18-39)40-19-8-3-9-20-40/h1-32H. The monoisotopic (exact) mass is 612 g/mol. The molecule has 0 N–H and O–H groups in total. The third-order valence-electron chi connectivity index (χ3n) is 9.36. The molecule has 0 fully saturated rings. The highest BCUT2D eigenvalue weighted by Crippen LogP contribution is 2.41. The lowest BCUT2D eigenvalue weighted by Gasteiger charge is -2.25. The number of fused-ring (bicyclic) bond motifs is 4. The highest BCUT2D eigenvalue weighted by Gasteiger charge is 2.18. The van der Waals surface area contributed by atoms with Crippen LogP contribution in [0.2, 0.25) is 0 Å². The van der Waals surface area contributed by atoms with Crippen LogP contribution in [0.15, 0.2) is 194 Å². The number of anilines is 3. The molecule has 0 aliphatic carbocycles. The average molecular weight is 613 g/mol. The normalized spacial score (nSPS) is 11.3. The lowest BCUT2D eigenvalue weighted by molar-refractivity contribution is 1.28. The Morgan fingerprint density at radius 2 is 0.896 bits per heavy atom. The highest BCUT2D eigenvalue weighted by molar-refractivity contribution is 6.12. The number of para-hydroxylation sites is 3. The van der Waals surface area contributed by atoms with E-state index >= 15 is 0 Å². The maximum absolute atomic E-state index is 2.40. The van der Waals surface area contributed by atoms with E-state index in [2.05, 4.69) is 204 Å². The summed E-state index contributed by atoms with van der Waals surface area (Å²) in [4.78, 5) is 2.29. The lowest BCUT2D eigenvalue weighted by atomic mass is 9.97. The van der Waals surface area contributed by atoms with Gasteiger partial charge >= 0.3 is 0 Å². The van der Waals surface area contributed by atoms with E-state index in [1.807, 2.05) is 0 Å². The number of nitrogens with zero attached hydrogens (tertiary/aromatic N) is 2. The van der Waals surface area contributed by atoms with Gasteiger partial charge in [-0.15, -0.1) is 0 Å². The van der Waals surface area contributed by atoms with Gasteiger partial charge in [-0.25, -0.2) is 0 Å². The van der Waals surface area contributed by atoms with E-state index in [0.717, 1.165) is 17.1 Å². The first-order valence-electron chi connectivity index (χ1n) is 16.4. The van der Waals surface area contributed by atoms with Crippen molar-refractivity contribution in [2.75, 3.05) is 4.90 Å². The van der Waals surface area contributed by atoms with Crippen LogP contribution in [-0.2, 0) is 0 Å². The molecule has 0 spiro atoms. The minimum absolute atomic E-state index is 1.13. The zero-order chi connectivity index (χ0) is 31.9. The molecule has 2 heteroatoms. The number of hydrogen-bond donors (Lipinski definition) is 0. The fraction of sp³-hybridized carbons (Fsp3) is 0. The van der Waals surface area contributed by atoms with Gasteiger partial charge in [0.25, 0.3) is 0 Å². The van der Waals surface area contributed by atoms with Gasteiger partial charge in [0.05, 0.1) is 11.0 Å². The van der Waals surface area contributed by atoms with Crippen LogP contribution in [0.25, 0.3) is 60.6 Å². The first-order valence-corrected chi connectivity index (χ1v) is 16.4. The van der Waals surface area contributed by atoms with E-state index in [1.165, 1.54) is 60.6 Å². The van der Waals surface area contributed by atoms with Crippen molar-refractivity contribution >= 4 is 44.3 Å². The van der Waals surface area contributed by atoms with E-state index < -0.39 is 0 Å². The summed E-state index contributed by atoms with van der Waals surface area (Å²) >= 11 is 0. The molecule has 2 nitrogen and oxygen atoms in total. The summed E-state index contributed by atoms with van der Waals surface area (Å²) in [6.45, 7) is 0. The highest BCUT2D eigenvalue weighted by atomic mass is 15.1. The number of rotatable bonds is 6. The molecular weight excluding hydrogens is 581 g/mol. The van der Waals surface area contributed by atoms with E-state index in [-0.39, 0.29) is 0 Å². The SMILES string of the molecule is c1ccc(-c2c3cccc(-c4ccc(-c5ccc(N(c6ccccc6)c6ccccc6)cc5)cc4)c3n3cc4ccccc4cc23)cc1. The molecule has 0 saturated carbocycles. The number of benzene rings is 7. The van der Waals surface area contributed by atoms with E-state index in [0.29, 0.717) is 0 Å². The maximum Gasteiger partial charge on any atom is 0.0613 e. The maximum atomic E-state index is 2.40. The van der Waals surface area contributed by atoms with Crippen molar-refractivity contribution in [3.63, 3.8) is 0 Å². The van der Waals surface area contributed by atoms with Crippen LogP contribution in [0.1, 0.15) is 0 Å². The topological polar surface area (TPSA) is 7.65 Å². The Morgan fingerprint density at radius 1 is 0.375 bits per heavy atom. The fourth-order valence-electron chi connectivity index (χ4n) is 7.09. The minimum Gasteiger partial charge on any atom is -0.315 e. The Bertz CT molecular complexity index is 2470. The summed E-state index contributed by atoms with van der Waals surface area (Å²) < 4.78 is 2.40. The van der Waals surface area contributed by atoms with Crippen LogP contribution in [0.3, 0.4) is 0 Å². The van der Waals surface area contributed by atoms with Gasteiger partial charge in [-0.1, -0.05) is 146 Å². The Labute approximate surface area is 280 Å². The van der Waals surface area contributed by atoms with Crippen LogP contribution in [0, 0.1) is 0 Å². The van der Waals surface area contributed by atoms with Crippen molar-refractivity contribution in [3.8, 4) is 33.4 Å². The van der Waals surface area contributed by atoms with Gasteiger partial charge in [-0.3, -0.25) is 0 Å². The second-order valence-corrected chi connectivity index (χ2v) is 12.2. The van der Waals surface area contributed by atoms with Gasteiger partial charge in [0.15, 0.2) is 0 Å². The molecule has 9 aromatic rings. The Balaban J connectivity index is 1.12. The van der Waals surface area contributed by atoms with Gasteiger partial charge < -0.3 is 9.30 Å². The summed E-state index contributed by atoms with van der Waals surface area (Å²) in [6.07, 6.45) is 2.30. The van der Waals surface area contributed by atoms with E-state index in [4.69, 9.17) is 0 Å². The molecule has 226 valence electrons. The molecule has 48 heavy (non-hydrogen) atoms. The summed E-state index contributed by atoms with van der Waals surface area (Å²) in [5.74, 6) is 0. The molecule has 7 aromatic carbocycles. The van der Waals surface area contributed by atoms with Gasteiger partial charge in [0.1, 0.15) is 0 Å². The van der Waals surface area contributed by atoms with Crippen LogP contribution >= 0.6 is 0 Å². The third kappa shape index (κ3) is 4.83. The lowest BCUT2D eigenvalue weighted by Crippen LogP contribution is -2.09. The van der Waals surface area contributed by atoms with Gasteiger partial charge in [0.2, 0.25) is 0 Å². The van der Waals surface area contributed by atoms with E-state index in [1.54, 1.807) is 0 Å². The smallest absolute Gasteiger partial charge is 0.0613 e. The number of hydrogen-bond acceptors (Lipinski definition) is 1. The molecule has 2 heterocycles. The van der Waals surface area contributed by atoms with Crippen molar-refractivity contribution < 1.29 is 0 Å². The molecule has 2 aromatic heterocycles. The van der Waals surface area contributed by atoms with Crippen LogP contribution in [0.4, 0.5) is 17.1 Å².